The number of hydrogen-bond donors (Lipinski definition) is 2. The number of aliphatic hydroxyl groups excluding tert-OH is 2. The maximum absolute atomic E-state index is 14.8. The summed E-state index contributed by atoms with van der Waals surface area (Å²) >= 11 is 0. The van der Waals surface area contributed by atoms with Crippen LogP contribution >= 0.6 is 0 Å². The Bertz CT molecular complexity index is 2140. The van der Waals surface area contributed by atoms with Crippen molar-refractivity contribution in [3.05, 3.63) is 106 Å². The summed E-state index contributed by atoms with van der Waals surface area (Å²) in [6, 6.07) is 16.8. The molecule has 3 aliphatic carbocycles. The standard InChI is InChI=1S/C46H53N3O11/c1-3-21-58-46-42(48(45(52)30-14-15-30)27-29-13-17-40-41(22-29)57-28-56-40)26-38(47-55-2)36-23-31(9-4-6-19-50)35(12-5-7-20-51)43(44(36)46)37-25-34(16-18-39(37)60-46)59-33-11-8-10-32(24-33)49(53)54/h3,8,10-11,13,16-18,22-25,30-31,35,42-44,50-51H,1,4-7,9,12,14-15,19-21,26-28H2,2H3/t31-,35+,42-,43+,44+,46+/m0/s1. The Morgan fingerprint density at radius 3 is 2.52 bits per heavy atom. The molecule has 318 valence electrons. The summed E-state index contributed by atoms with van der Waals surface area (Å²) in [5, 5.41) is 36.1. The molecule has 14 nitrogen and oxygen atoms in total. The maximum Gasteiger partial charge on any atom is 0.273 e. The van der Waals surface area contributed by atoms with Gasteiger partial charge in [0.2, 0.25) is 18.5 Å². The van der Waals surface area contributed by atoms with Crippen LogP contribution in [0.5, 0.6) is 28.7 Å². The molecular weight excluding hydrogens is 771 g/mol. The van der Waals surface area contributed by atoms with Crippen molar-refractivity contribution < 1.29 is 48.5 Å². The number of nitrogens with zero attached hydrogens (tertiary/aromatic N) is 3. The molecule has 0 saturated heterocycles. The van der Waals surface area contributed by atoms with Crippen LogP contribution in [0.15, 0.2) is 90.1 Å². The molecule has 3 aromatic carbocycles. The average molecular weight is 824 g/mol. The fourth-order valence-electron chi connectivity index (χ4n) is 9.76. The molecule has 3 aromatic rings. The van der Waals surface area contributed by atoms with Crippen LogP contribution in [0, 0.1) is 33.8 Å². The van der Waals surface area contributed by atoms with Gasteiger partial charge in [0, 0.05) is 49.6 Å². The molecule has 14 heteroatoms. The molecule has 0 radical (unpaired) electrons. The lowest BCUT2D eigenvalue weighted by Gasteiger charge is -2.60. The number of aliphatic hydroxyl groups is 2. The quantitative estimate of drug-likeness (QED) is 0.0523. The van der Waals surface area contributed by atoms with E-state index in [-0.39, 0.29) is 74.8 Å². The van der Waals surface area contributed by atoms with Gasteiger partial charge < -0.3 is 43.6 Å². The number of benzene rings is 3. The highest BCUT2D eigenvalue weighted by Crippen LogP contribution is 2.62. The van der Waals surface area contributed by atoms with Gasteiger partial charge in [-0.15, -0.1) is 6.58 Å². The van der Waals surface area contributed by atoms with E-state index in [0.717, 1.165) is 55.2 Å². The largest absolute Gasteiger partial charge is 0.459 e. The molecule has 5 aliphatic rings. The number of nitro groups is 1. The molecule has 2 saturated carbocycles. The van der Waals surface area contributed by atoms with Gasteiger partial charge in [0.1, 0.15) is 30.4 Å². The van der Waals surface area contributed by atoms with Gasteiger partial charge >= 0.3 is 0 Å². The first-order valence-electron chi connectivity index (χ1n) is 21.0. The zero-order valence-corrected chi connectivity index (χ0v) is 33.9. The lowest BCUT2D eigenvalue weighted by Crippen LogP contribution is -2.70. The van der Waals surface area contributed by atoms with Gasteiger partial charge in [-0.1, -0.05) is 42.3 Å². The van der Waals surface area contributed by atoms with Crippen LogP contribution in [0.3, 0.4) is 0 Å². The number of nitro benzene ring substituents is 1. The number of ether oxygens (including phenoxy) is 5. The lowest BCUT2D eigenvalue weighted by molar-refractivity contribution is -0.384. The molecule has 0 unspecified atom stereocenters. The predicted octanol–water partition coefficient (Wildman–Crippen LogP) is 7.82. The van der Waals surface area contributed by atoms with Crippen molar-refractivity contribution in [3.63, 3.8) is 0 Å². The summed E-state index contributed by atoms with van der Waals surface area (Å²) in [4.78, 5) is 33.4. The molecule has 60 heavy (non-hydrogen) atoms. The first-order valence-corrected chi connectivity index (χ1v) is 21.0. The Hall–Kier alpha value is -5.44. The Balaban J connectivity index is 1.31. The number of carbonyl (C=O) groups excluding carboxylic acids is 1. The molecule has 8 rings (SSSR count). The van der Waals surface area contributed by atoms with E-state index in [4.69, 9.17) is 28.5 Å². The zero-order chi connectivity index (χ0) is 41.8. The number of unbranched alkanes of at least 4 members (excludes halogenated alkanes) is 2. The molecule has 2 aliphatic heterocycles. The fraction of sp³-hybridized carbons (Fsp3) is 0.478. The third-order valence-electron chi connectivity index (χ3n) is 12.5. The van der Waals surface area contributed by atoms with Crippen LogP contribution in [-0.2, 0) is 20.9 Å². The molecule has 2 fully saturated rings. The highest BCUT2D eigenvalue weighted by molar-refractivity contribution is 6.03. The maximum atomic E-state index is 14.8. The summed E-state index contributed by atoms with van der Waals surface area (Å²) < 4.78 is 32.1. The number of hydrogen-bond acceptors (Lipinski definition) is 12. The molecule has 1 amide bonds. The van der Waals surface area contributed by atoms with Gasteiger partial charge in [0.15, 0.2) is 11.5 Å². The monoisotopic (exact) mass is 823 g/mol. The van der Waals surface area contributed by atoms with Crippen molar-refractivity contribution in [2.24, 2.45) is 28.8 Å². The van der Waals surface area contributed by atoms with Crippen LogP contribution in [0.25, 0.3) is 0 Å². The van der Waals surface area contributed by atoms with Gasteiger partial charge in [0.05, 0.1) is 29.2 Å². The minimum Gasteiger partial charge on any atom is -0.459 e. The molecule has 6 atom stereocenters. The number of rotatable bonds is 19. The number of oxime groups is 1. The zero-order valence-electron chi connectivity index (χ0n) is 33.9. The van der Waals surface area contributed by atoms with Crippen molar-refractivity contribution in [2.45, 2.75) is 82.1 Å². The van der Waals surface area contributed by atoms with Crippen molar-refractivity contribution >= 4 is 17.3 Å². The second-order valence-electron chi connectivity index (χ2n) is 16.2. The number of amides is 1. The third-order valence-corrected chi connectivity index (χ3v) is 12.5. The van der Waals surface area contributed by atoms with Crippen LogP contribution in [0.1, 0.15) is 74.8 Å². The van der Waals surface area contributed by atoms with E-state index in [1.54, 1.807) is 24.3 Å². The fourth-order valence-corrected chi connectivity index (χ4v) is 9.76. The van der Waals surface area contributed by atoms with Crippen LogP contribution < -0.4 is 18.9 Å². The minimum absolute atomic E-state index is 0.00674. The second kappa shape index (κ2) is 18.0. The Morgan fingerprint density at radius 1 is 1.00 bits per heavy atom. The smallest absolute Gasteiger partial charge is 0.273 e. The van der Waals surface area contributed by atoms with Gasteiger partial charge in [-0.05, 0) is 97.9 Å². The predicted molar refractivity (Wildman–Crippen MR) is 221 cm³/mol. The van der Waals surface area contributed by atoms with E-state index in [1.807, 2.05) is 35.2 Å². The summed E-state index contributed by atoms with van der Waals surface area (Å²) in [7, 11) is 1.53. The Morgan fingerprint density at radius 2 is 1.77 bits per heavy atom. The average Bonchev–Trinajstić information content (AvgIpc) is 4.00. The first-order chi connectivity index (χ1) is 29.3. The van der Waals surface area contributed by atoms with E-state index >= 15 is 0 Å². The van der Waals surface area contributed by atoms with Crippen molar-refractivity contribution in [2.75, 3.05) is 33.7 Å². The summed E-state index contributed by atoms with van der Waals surface area (Å²) in [6.45, 7) is 4.70. The molecular formula is C46H53N3O11. The van der Waals surface area contributed by atoms with Gasteiger partial charge in [0.25, 0.3) is 5.69 Å². The Kier molecular flexibility index (Phi) is 12.4. The van der Waals surface area contributed by atoms with E-state index in [0.29, 0.717) is 47.3 Å². The second-order valence-corrected chi connectivity index (χ2v) is 16.2. The van der Waals surface area contributed by atoms with Crippen LogP contribution in [-0.4, -0.2) is 77.2 Å². The number of non-ortho nitro benzene ring substituents is 1. The third kappa shape index (κ3) is 8.20. The number of fused-ring (bicyclic) bond motifs is 3. The summed E-state index contributed by atoms with van der Waals surface area (Å²) in [6.07, 6.45) is 10.3. The molecule has 0 aromatic heterocycles. The molecule has 2 heterocycles. The number of carbonyl (C=O) groups is 1. The van der Waals surface area contributed by atoms with Gasteiger partial charge in [-0.2, -0.15) is 0 Å². The topological polar surface area (TPSA) is 172 Å². The van der Waals surface area contributed by atoms with Crippen LogP contribution in [0.2, 0.25) is 0 Å². The molecule has 2 N–H and O–H groups in total. The molecule has 0 spiro atoms. The highest BCUT2D eigenvalue weighted by Gasteiger charge is 2.66. The lowest BCUT2D eigenvalue weighted by atomic mass is 9.55. The van der Waals surface area contributed by atoms with E-state index in [9.17, 15) is 25.1 Å². The SMILES string of the molecule is C=CCO[C@@]12Oc3ccc(Oc4cccc([N+](=O)[O-])c4)cc3[C@H]3[C@H](CCCCO)[C@@H](CCCCO)C=C(C(=NOC)C[C@@H]1N(Cc1ccc4c(c1)OCO4)C(=O)C1CC1)[C@H]32. The van der Waals surface area contributed by atoms with E-state index in [1.165, 1.54) is 19.2 Å². The minimum atomic E-state index is -1.42. The van der Waals surface area contributed by atoms with E-state index in [2.05, 4.69) is 17.8 Å². The van der Waals surface area contributed by atoms with Gasteiger partial charge in [-0.3, -0.25) is 14.9 Å². The Labute approximate surface area is 349 Å². The van der Waals surface area contributed by atoms with Gasteiger partial charge in [-0.25, -0.2) is 0 Å². The van der Waals surface area contributed by atoms with Crippen molar-refractivity contribution in [3.8, 4) is 28.7 Å². The summed E-state index contributed by atoms with van der Waals surface area (Å²) in [5.74, 6) is 0.398. The van der Waals surface area contributed by atoms with Crippen molar-refractivity contribution in [1.29, 1.82) is 0 Å². The normalized spacial score (nSPS) is 25.4. The van der Waals surface area contributed by atoms with Crippen LogP contribution in [0.4, 0.5) is 5.69 Å². The highest BCUT2D eigenvalue weighted by atomic mass is 16.7. The molecule has 0 bridgehead atoms. The summed E-state index contributed by atoms with van der Waals surface area (Å²) in [5.41, 5.74) is 3.28. The van der Waals surface area contributed by atoms with Crippen molar-refractivity contribution in [1.82, 2.24) is 4.90 Å². The first kappa shape index (κ1) is 41.3. The number of allylic oxidation sites excluding steroid dienone is 1. The van der Waals surface area contributed by atoms with E-state index < -0.39 is 22.7 Å².